The highest BCUT2D eigenvalue weighted by Crippen LogP contribution is 2.33. The van der Waals surface area contributed by atoms with Gasteiger partial charge in [0.15, 0.2) is 5.78 Å². The Bertz CT molecular complexity index is 277. The van der Waals surface area contributed by atoms with Gasteiger partial charge in [-0.15, -0.1) is 0 Å². The molecule has 1 N–H and O–H groups in total. The molecule has 3 heteroatoms. The second kappa shape index (κ2) is 3.32. The number of carbonyl (C=O) groups excluding carboxylic acids is 2. The molecule has 0 bridgehead atoms. The molecule has 0 aromatic carbocycles. The molecule has 0 saturated carbocycles. The average molecular weight is 181 g/mol. The third-order valence-electron chi connectivity index (χ3n) is 2.34. The summed E-state index contributed by atoms with van der Waals surface area (Å²) in [6, 6.07) is 0. The minimum absolute atomic E-state index is 0.0838. The van der Waals surface area contributed by atoms with Gasteiger partial charge in [0, 0.05) is 30.5 Å². The van der Waals surface area contributed by atoms with Crippen LogP contribution in [0.25, 0.3) is 0 Å². The zero-order valence-corrected chi connectivity index (χ0v) is 8.31. The molecule has 13 heavy (non-hydrogen) atoms. The van der Waals surface area contributed by atoms with Gasteiger partial charge in [0.25, 0.3) is 0 Å². The number of rotatable bonds is 1. The van der Waals surface area contributed by atoms with Crippen molar-refractivity contribution in [1.82, 2.24) is 5.32 Å². The maximum Gasteiger partial charge on any atom is 0.221 e. The van der Waals surface area contributed by atoms with E-state index in [0.29, 0.717) is 6.42 Å². The van der Waals surface area contributed by atoms with Crippen molar-refractivity contribution in [2.24, 2.45) is 5.41 Å². The lowest BCUT2D eigenvalue weighted by Gasteiger charge is -2.30. The van der Waals surface area contributed by atoms with E-state index in [4.69, 9.17) is 0 Å². The molecule has 1 amide bonds. The summed E-state index contributed by atoms with van der Waals surface area (Å²) in [5.41, 5.74) is 0.663. The van der Waals surface area contributed by atoms with Crippen LogP contribution in [0.3, 0.4) is 0 Å². The normalized spacial score (nSPS) is 20.8. The molecule has 0 aromatic heterocycles. The van der Waals surface area contributed by atoms with Gasteiger partial charge in [0.1, 0.15) is 0 Å². The van der Waals surface area contributed by atoms with Gasteiger partial charge in [-0.3, -0.25) is 9.59 Å². The van der Waals surface area contributed by atoms with Gasteiger partial charge in [0.2, 0.25) is 5.91 Å². The SMILES string of the molecule is CC(=O)NC1=CC(=O)CCC1(C)C. The molecular formula is C10H15NO2. The molecule has 1 aliphatic rings. The van der Waals surface area contributed by atoms with Gasteiger partial charge in [0.05, 0.1) is 0 Å². The van der Waals surface area contributed by atoms with Gasteiger partial charge in [-0.2, -0.15) is 0 Å². The molecule has 72 valence electrons. The summed E-state index contributed by atoms with van der Waals surface area (Å²) in [4.78, 5) is 22.0. The van der Waals surface area contributed by atoms with Crippen LogP contribution in [-0.2, 0) is 9.59 Å². The molecule has 0 radical (unpaired) electrons. The van der Waals surface area contributed by atoms with Crippen molar-refractivity contribution in [3.05, 3.63) is 11.8 Å². The van der Waals surface area contributed by atoms with Crippen molar-refractivity contribution in [1.29, 1.82) is 0 Å². The molecule has 1 rings (SSSR count). The average Bonchev–Trinajstić information content (AvgIpc) is 1.97. The first-order chi connectivity index (χ1) is 5.92. The van der Waals surface area contributed by atoms with Crippen molar-refractivity contribution < 1.29 is 9.59 Å². The molecule has 0 unspecified atom stereocenters. The summed E-state index contributed by atoms with van der Waals surface area (Å²) in [5, 5.41) is 2.70. The van der Waals surface area contributed by atoms with E-state index in [1.165, 1.54) is 6.92 Å². The first-order valence-corrected chi connectivity index (χ1v) is 4.44. The van der Waals surface area contributed by atoms with E-state index >= 15 is 0 Å². The Morgan fingerprint density at radius 3 is 2.69 bits per heavy atom. The Hall–Kier alpha value is -1.12. The van der Waals surface area contributed by atoms with Crippen molar-refractivity contribution in [2.75, 3.05) is 0 Å². The molecule has 0 fully saturated rings. The van der Waals surface area contributed by atoms with Crippen molar-refractivity contribution in [3.8, 4) is 0 Å². The van der Waals surface area contributed by atoms with E-state index in [0.717, 1.165) is 12.1 Å². The molecule has 0 aliphatic heterocycles. The van der Waals surface area contributed by atoms with Crippen LogP contribution in [0, 0.1) is 5.41 Å². The quantitative estimate of drug-likeness (QED) is 0.664. The Balaban J connectivity index is 2.87. The summed E-state index contributed by atoms with van der Waals surface area (Å²) in [5.74, 6) is -0.0166. The predicted octanol–water partition coefficient (Wildman–Crippen LogP) is 1.40. The highest BCUT2D eigenvalue weighted by Gasteiger charge is 2.29. The Labute approximate surface area is 78.2 Å². The highest BCUT2D eigenvalue weighted by atomic mass is 16.1. The monoisotopic (exact) mass is 181 g/mol. The fourth-order valence-corrected chi connectivity index (χ4v) is 1.39. The van der Waals surface area contributed by atoms with Crippen LogP contribution in [-0.4, -0.2) is 11.7 Å². The Morgan fingerprint density at radius 1 is 1.54 bits per heavy atom. The Morgan fingerprint density at radius 2 is 2.15 bits per heavy atom. The van der Waals surface area contributed by atoms with Gasteiger partial charge < -0.3 is 5.32 Å². The van der Waals surface area contributed by atoms with Crippen LogP contribution in [0.2, 0.25) is 0 Å². The highest BCUT2D eigenvalue weighted by molar-refractivity contribution is 5.92. The zero-order valence-electron chi connectivity index (χ0n) is 8.31. The van der Waals surface area contributed by atoms with E-state index in [-0.39, 0.29) is 17.1 Å². The summed E-state index contributed by atoms with van der Waals surface area (Å²) in [7, 11) is 0. The summed E-state index contributed by atoms with van der Waals surface area (Å²) in [6.45, 7) is 5.51. The summed E-state index contributed by atoms with van der Waals surface area (Å²) in [6.07, 6.45) is 2.93. The minimum Gasteiger partial charge on any atom is -0.329 e. The van der Waals surface area contributed by atoms with E-state index in [1.807, 2.05) is 13.8 Å². The van der Waals surface area contributed by atoms with Crippen LogP contribution >= 0.6 is 0 Å². The first kappa shape index (κ1) is 9.96. The van der Waals surface area contributed by atoms with Crippen molar-refractivity contribution >= 4 is 11.7 Å². The first-order valence-electron chi connectivity index (χ1n) is 4.44. The largest absolute Gasteiger partial charge is 0.329 e. The zero-order chi connectivity index (χ0) is 10.1. The molecule has 0 atom stereocenters. The molecule has 0 aromatic rings. The number of nitrogens with one attached hydrogen (secondary N) is 1. The Kier molecular flexibility index (Phi) is 2.55. The third kappa shape index (κ3) is 2.41. The molecule has 1 aliphatic carbocycles. The topological polar surface area (TPSA) is 46.2 Å². The fraction of sp³-hybridized carbons (Fsp3) is 0.600. The second-order valence-corrected chi connectivity index (χ2v) is 4.09. The number of carbonyl (C=O) groups is 2. The van der Waals surface area contributed by atoms with E-state index in [9.17, 15) is 9.59 Å². The van der Waals surface area contributed by atoms with Gasteiger partial charge in [-0.25, -0.2) is 0 Å². The molecule has 0 heterocycles. The van der Waals surface area contributed by atoms with E-state index in [1.54, 1.807) is 6.08 Å². The van der Waals surface area contributed by atoms with E-state index < -0.39 is 0 Å². The lowest BCUT2D eigenvalue weighted by molar-refractivity contribution is -0.118. The van der Waals surface area contributed by atoms with Crippen LogP contribution in [0.5, 0.6) is 0 Å². The minimum atomic E-state index is -0.117. The molecule has 0 saturated heterocycles. The standard InChI is InChI=1S/C10H15NO2/c1-7(12)11-9-6-8(13)4-5-10(9,2)3/h6H,4-5H2,1-3H3,(H,11,12). The van der Waals surface area contributed by atoms with Gasteiger partial charge in [-0.05, 0) is 6.42 Å². The number of amides is 1. The van der Waals surface area contributed by atoms with Crippen LogP contribution in [0.15, 0.2) is 11.8 Å². The van der Waals surface area contributed by atoms with Crippen LogP contribution in [0.1, 0.15) is 33.6 Å². The maximum absolute atomic E-state index is 11.1. The fourth-order valence-electron chi connectivity index (χ4n) is 1.39. The second-order valence-electron chi connectivity index (χ2n) is 4.09. The lowest BCUT2D eigenvalue weighted by Crippen LogP contribution is -2.33. The number of hydrogen-bond acceptors (Lipinski definition) is 2. The molecule has 0 spiro atoms. The number of hydrogen-bond donors (Lipinski definition) is 1. The number of allylic oxidation sites excluding steroid dienone is 2. The molecule has 3 nitrogen and oxygen atoms in total. The summed E-state index contributed by atoms with van der Waals surface area (Å²) >= 11 is 0. The number of ketones is 1. The third-order valence-corrected chi connectivity index (χ3v) is 2.34. The van der Waals surface area contributed by atoms with Gasteiger partial charge in [-0.1, -0.05) is 13.8 Å². The van der Waals surface area contributed by atoms with Gasteiger partial charge >= 0.3 is 0 Å². The predicted molar refractivity (Wildman–Crippen MR) is 49.9 cm³/mol. The summed E-state index contributed by atoms with van der Waals surface area (Å²) < 4.78 is 0. The van der Waals surface area contributed by atoms with Crippen molar-refractivity contribution in [3.63, 3.8) is 0 Å². The maximum atomic E-state index is 11.1. The van der Waals surface area contributed by atoms with Crippen LogP contribution < -0.4 is 5.32 Å². The molecular weight excluding hydrogens is 166 g/mol. The lowest BCUT2D eigenvalue weighted by atomic mass is 9.79. The van der Waals surface area contributed by atoms with Crippen LogP contribution in [0.4, 0.5) is 0 Å². The van der Waals surface area contributed by atoms with E-state index in [2.05, 4.69) is 5.32 Å². The smallest absolute Gasteiger partial charge is 0.221 e. The van der Waals surface area contributed by atoms with Crippen molar-refractivity contribution in [2.45, 2.75) is 33.6 Å².